The van der Waals surface area contributed by atoms with Gasteiger partial charge in [0.1, 0.15) is 0 Å². The number of para-hydroxylation sites is 4. The number of aromatic nitrogens is 16. The van der Waals surface area contributed by atoms with E-state index in [9.17, 15) is 33.7 Å². The first-order valence-electron chi connectivity index (χ1n) is 39.7. The molecule has 0 spiro atoms. The van der Waals surface area contributed by atoms with E-state index in [4.69, 9.17) is 32.4 Å². The van der Waals surface area contributed by atoms with Crippen molar-refractivity contribution in [2.45, 2.75) is 38.8 Å². The van der Waals surface area contributed by atoms with Crippen molar-refractivity contribution in [2.75, 3.05) is 150 Å². The summed E-state index contributed by atoms with van der Waals surface area (Å²) < 4.78 is 130. The first-order chi connectivity index (χ1) is 61.3. The predicted octanol–water partition coefficient (Wildman–Crippen LogP) is 9.46. The number of rotatable bonds is 26. The average molecular weight is 1870 g/mol. The summed E-state index contributed by atoms with van der Waals surface area (Å²) in [4.78, 5) is 40.3. The Morgan fingerprint density at radius 2 is 0.732 bits per heavy atom. The highest BCUT2D eigenvalue weighted by Gasteiger charge is 2.28. The van der Waals surface area contributed by atoms with E-state index in [2.05, 4.69) is 101 Å². The van der Waals surface area contributed by atoms with Crippen LogP contribution in [0, 0.1) is 0 Å². The maximum Gasteiger partial charge on any atom is 0.248 e. The Hall–Kier alpha value is -12.2. The van der Waals surface area contributed by atoms with Gasteiger partial charge in [0, 0.05) is 102 Å². The topological polar surface area (TPSA) is 519 Å². The van der Waals surface area contributed by atoms with Crippen LogP contribution in [0.25, 0.3) is 61.4 Å². The molecule has 3 aliphatic heterocycles. The monoisotopic (exact) mass is 1870 g/mol. The molecule has 3 saturated heterocycles. The van der Waals surface area contributed by atoms with Crippen LogP contribution in [0.15, 0.2) is 214 Å². The van der Waals surface area contributed by atoms with Crippen molar-refractivity contribution in [2.24, 2.45) is 0 Å². The van der Waals surface area contributed by atoms with Crippen LogP contribution in [0.1, 0.15) is 19.3 Å². The Morgan fingerprint density at radius 3 is 1.12 bits per heavy atom. The zero-order valence-electron chi connectivity index (χ0n) is 68.1. The van der Waals surface area contributed by atoms with Crippen molar-refractivity contribution in [3.63, 3.8) is 0 Å². The standard InChI is InChI=1S/2C21H24N8O3S2.C20H21N7O2S2.C17H17N7O2S2/c22-19-26-20(27-29(19)21-25-17-6-1-2-7-18(17)33-21)24-15-4-3-5-16(14-15)34(30,31)23-8-9-28-10-12-32-13-11-28;22-19-26-20(29(27-19)21-25-17-6-1-2-7-18(17)33-21)24-15-4-3-5-16(14-15)34(30,31)23-8-9-28-10-12-32-13-11-28;21-18-24-19(25-27(18)20-23-16-6-2-3-7-17(16)30-20)22-14-8-10-15(11-9-14)31(28,29)26-12-4-1-5-13-26;1-23(2)28(25,26)12-9-7-11(8-10-12)19-16-21-15(18)24(22-16)17-20-13-5-3-4-6-14(13)27-17/h2*1-7,14,23H,8-13H2,(H3,22,24,26,27);2-3,6-11H,1,4-5,12-13H2,(H3,21,22,24,25);3-10H,1-2H3,(H3,18,19,21,22). The summed E-state index contributed by atoms with van der Waals surface area (Å²) in [7, 11) is -11.3. The molecule has 48 heteroatoms. The second-order valence-corrected chi connectivity index (χ2v) is 40.4. The number of sulfonamides is 4. The van der Waals surface area contributed by atoms with E-state index in [1.165, 1.54) is 96.4 Å². The number of anilines is 12. The van der Waals surface area contributed by atoms with E-state index >= 15 is 0 Å². The van der Waals surface area contributed by atoms with E-state index in [0.717, 1.165) is 90.6 Å². The largest absolute Gasteiger partial charge is 0.379 e. The maximum atomic E-state index is 12.8. The number of nitrogens with two attached hydrogens (primary N) is 4. The third kappa shape index (κ3) is 21.4. The zero-order chi connectivity index (χ0) is 88.4. The first kappa shape index (κ1) is 88.2. The van der Waals surface area contributed by atoms with E-state index in [1.807, 2.05) is 97.1 Å². The molecule has 8 aromatic carbocycles. The van der Waals surface area contributed by atoms with Crippen molar-refractivity contribution in [1.29, 1.82) is 0 Å². The van der Waals surface area contributed by atoms with E-state index in [-0.39, 0.29) is 49.3 Å². The summed E-state index contributed by atoms with van der Waals surface area (Å²) in [5.41, 5.74) is 29.8. The molecule has 660 valence electrons. The van der Waals surface area contributed by atoms with Crippen LogP contribution in [-0.2, 0) is 49.6 Å². The number of morpholine rings is 2. The Balaban J connectivity index is 0.000000125. The van der Waals surface area contributed by atoms with Gasteiger partial charge in [0.15, 0.2) is 0 Å². The van der Waals surface area contributed by atoms with Crippen molar-refractivity contribution in [3.05, 3.63) is 194 Å². The summed E-state index contributed by atoms with van der Waals surface area (Å²) in [6, 6.07) is 57.0. The predicted molar refractivity (Wildman–Crippen MR) is 493 cm³/mol. The van der Waals surface area contributed by atoms with Gasteiger partial charge in [0.25, 0.3) is 0 Å². The molecule has 0 aliphatic carbocycles. The molecule has 0 unspecified atom stereocenters. The fraction of sp³-hybridized carbons (Fsp3) is 0.241. The van der Waals surface area contributed by atoms with Gasteiger partial charge in [-0.05, 0) is 146 Å². The van der Waals surface area contributed by atoms with Crippen molar-refractivity contribution in [1.82, 2.24) is 107 Å². The molecular formula is C79H86N30O10S8. The number of nitrogen functional groups attached to an aromatic ring is 4. The van der Waals surface area contributed by atoms with Gasteiger partial charge in [-0.15, -0.1) is 20.4 Å². The van der Waals surface area contributed by atoms with Gasteiger partial charge in [0.05, 0.1) is 86.9 Å². The van der Waals surface area contributed by atoms with Gasteiger partial charge >= 0.3 is 0 Å². The molecular weight excluding hydrogens is 1790 g/mol. The fourth-order valence-electron chi connectivity index (χ4n) is 13.3. The Kier molecular flexibility index (Phi) is 27.0. The number of nitrogens with one attached hydrogen (secondary N) is 6. The van der Waals surface area contributed by atoms with Gasteiger partial charge in [-0.3, -0.25) is 9.80 Å². The maximum absolute atomic E-state index is 12.8. The molecule has 19 rings (SSSR count). The number of hydrogen-bond acceptors (Lipinski definition) is 36. The van der Waals surface area contributed by atoms with Crippen LogP contribution in [-0.4, -0.2) is 237 Å². The molecule has 16 aromatic rings. The third-order valence-electron chi connectivity index (χ3n) is 19.8. The Morgan fingerprint density at radius 1 is 0.370 bits per heavy atom. The minimum absolute atomic E-state index is 0.0790. The molecule has 127 heavy (non-hydrogen) atoms. The normalized spacial score (nSPS) is 14.4. The molecule has 3 fully saturated rings. The number of thiazole rings is 4. The lowest BCUT2D eigenvalue weighted by molar-refractivity contribution is 0.0389. The van der Waals surface area contributed by atoms with E-state index in [1.54, 1.807) is 83.2 Å². The van der Waals surface area contributed by atoms with Crippen LogP contribution >= 0.6 is 45.3 Å². The van der Waals surface area contributed by atoms with Crippen LogP contribution in [0.2, 0.25) is 0 Å². The Bertz CT molecular complexity index is 6890. The summed E-state index contributed by atoms with van der Waals surface area (Å²) >= 11 is 5.84. The van der Waals surface area contributed by atoms with Gasteiger partial charge in [0.2, 0.25) is 108 Å². The molecule has 0 bridgehead atoms. The number of fused-ring (bicyclic) bond motifs is 4. The van der Waals surface area contributed by atoms with Crippen LogP contribution in [0.4, 0.5) is 70.3 Å². The smallest absolute Gasteiger partial charge is 0.248 e. The number of hydrogen-bond donors (Lipinski definition) is 10. The summed E-state index contributed by atoms with van der Waals surface area (Å²) in [5, 5.41) is 32.1. The van der Waals surface area contributed by atoms with Crippen molar-refractivity contribution < 1.29 is 43.1 Å². The molecule has 0 atom stereocenters. The minimum atomic E-state index is -3.68. The minimum Gasteiger partial charge on any atom is -0.379 e. The highest BCUT2D eigenvalue weighted by molar-refractivity contribution is 7.90. The number of benzene rings is 8. The summed E-state index contributed by atoms with van der Waals surface area (Å²) in [5.74, 6) is 1.85. The Labute approximate surface area is 744 Å². The first-order valence-corrected chi connectivity index (χ1v) is 48.8. The lowest BCUT2D eigenvalue weighted by Gasteiger charge is -2.26. The number of ether oxygens (including phenoxy) is 2. The lowest BCUT2D eigenvalue weighted by Crippen LogP contribution is -2.41. The molecule has 0 radical (unpaired) electrons. The van der Waals surface area contributed by atoms with Gasteiger partial charge in [-0.25, -0.2) is 67.4 Å². The highest BCUT2D eigenvalue weighted by Crippen LogP contribution is 2.34. The number of piperidine rings is 1. The van der Waals surface area contributed by atoms with Gasteiger partial charge in [-0.1, -0.05) is 112 Å². The molecule has 14 N–H and O–H groups in total. The molecule has 8 aromatic heterocycles. The van der Waals surface area contributed by atoms with Crippen molar-refractivity contribution >= 4 is 197 Å². The van der Waals surface area contributed by atoms with Crippen LogP contribution in [0.5, 0.6) is 0 Å². The molecule has 0 amide bonds. The highest BCUT2D eigenvalue weighted by atomic mass is 32.2. The summed E-state index contributed by atoms with van der Waals surface area (Å²) in [6.07, 6.45) is 2.89. The zero-order valence-corrected chi connectivity index (χ0v) is 74.6. The second-order valence-electron chi connectivity index (χ2n) is 28.7. The van der Waals surface area contributed by atoms with Crippen molar-refractivity contribution in [3.8, 4) is 20.5 Å². The van der Waals surface area contributed by atoms with Gasteiger partial charge < -0.3 is 53.7 Å². The van der Waals surface area contributed by atoms with Crippen LogP contribution in [0.3, 0.4) is 0 Å². The molecule has 40 nitrogen and oxygen atoms in total. The molecule has 0 saturated carbocycles. The number of nitrogens with zero attached hydrogens (tertiary/aromatic N) is 20. The molecule has 3 aliphatic rings. The van der Waals surface area contributed by atoms with Gasteiger partial charge in [-0.2, -0.15) is 43.0 Å². The van der Waals surface area contributed by atoms with Crippen LogP contribution < -0.4 is 53.6 Å². The average Bonchev–Trinajstić information content (AvgIpc) is 1.51. The lowest BCUT2D eigenvalue weighted by atomic mass is 10.2. The van der Waals surface area contributed by atoms with E-state index < -0.39 is 40.1 Å². The fourth-order valence-corrected chi connectivity index (χ4v) is 21.5. The second kappa shape index (κ2) is 38.9. The quantitative estimate of drug-likeness (QED) is 0.0241. The summed E-state index contributed by atoms with van der Waals surface area (Å²) in [6.45, 7) is 8.98. The third-order valence-corrected chi connectivity index (χ3v) is 30.5. The SMILES string of the molecule is CN(C)S(=O)(=O)c1ccc(Nc2nc(N)n(-c3nc4ccccc4s3)n2)cc1.Nc1nc(Nc2ccc(S(=O)(=O)N3CCCCC3)cc2)nn1-c1nc2ccccc2s1.Nc1nc(Nc2cccc(S(=O)(=O)NCCN3CCOCC3)c2)n(-c2nc3ccccc3s2)n1.Nc1nc(Nc2cccc(S(=O)(=O)NCCN3CCOCC3)c2)nn1-c1nc2ccccc2s1. The van der Waals surface area contributed by atoms with E-state index in [0.29, 0.717) is 127 Å². The molecule has 11 heterocycles.